The first-order valence-electron chi connectivity index (χ1n) is 5.96. The maximum atomic E-state index is 11.6. The van der Waals surface area contributed by atoms with Crippen molar-refractivity contribution in [3.05, 3.63) is 0 Å². The van der Waals surface area contributed by atoms with Gasteiger partial charge in [-0.05, 0) is 27.2 Å². The van der Waals surface area contributed by atoms with E-state index in [1.54, 1.807) is 20.8 Å². The minimum atomic E-state index is -1.39. The van der Waals surface area contributed by atoms with Crippen LogP contribution in [0.3, 0.4) is 0 Å². The minimum absolute atomic E-state index is 0.454. The average Bonchev–Trinajstić information content (AvgIpc) is 2.23. The molecule has 1 amide bonds. The highest BCUT2D eigenvalue weighted by Crippen LogP contribution is 2.09. The Hall–Kier alpha value is -1.30. The zero-order valence-corrected chi connectivity index (χ0v) is 11.6. The quantitative estimate of drug-likeness (QED) is 0.727. The van der Waals surface area contributed by atoms with Gasteiger partial charge in [-0.25, -0.2) is 9.59 Å². The normalized spacial score (nSPS) is 14.6. The lowest BCUT2D eigenvalue weighted by molar-refractivity contribution is -0.152. The third kappa shape index (κ3) is 6.44. The number of carbonyl (C=O) groups is 2. The van der Waals surface area contributed by atoms with Crippen molar-refractivity contribution in [3.8, 4) is 0 Å². The number of aliphatic hydroxyl groups is 1. The van der Waals surface area contributed by atoms with Gasteiger partial charge in [-0.15, -0.1) is 0 Å². The second-order valence-electron chi connectivity index (χ2n) is 5.01. The van der Waals surface area contributed by atoms with Crippen LogP contribution in [0.25, 0.3) is 0 Å². The van der Waals surface area contributed by atoms with Gasteiger partial charge in [0.1, 0.15) is 5.60 Å². The van der Waals surface area contributed by atoms with E-state index in [1.165, 1.54) is 7.11 Å². The Labute approximate surface area is 108 Å². The van der Waals surface area contributed by atoms with E-state index >= 15 is 0 Å². The number of alkyl carbamates (subject to hydrolysis) is 1. The molecule has 0 bridgehead atoms. The number of hydrogen-bond acceptors (Lipinski definition) is 5. The van der Waals surface area contributed by atoms with Crippen LogP contribution >= 0.6 is 0 Å². The number of aliphatic hydroxyl groups excluding tert-OH is 1. The summed E-state index contributed by atoms with van der Waals surface area (Å²) in [6.45, 7) is 7.09. The summed E-state index contributed by atoms with van der Waals surface area (Å²) in [4.78, 5) is 22.8. The molecule has 6 nitrogen and oxygen atoms in total. The zero-order valence-electron chi connectivity index (χ0n) is 11.6. The highest BCUT2D eigenvalue weighted by molar-refractivity contribution is 5.76. The van der Waals surface area contributed by atoms with Gasteiger partial charge < -0.3 is 19.9 Å². The molecule has 0 radical (unpaired) electrons. The molecule has 6 heteroatoms. The van der Waals surface area contributed by atoms with Crippen molar-refractivity contribution in [2.45, 2.75) is 58.3 Å². The summed E-state index contributed by atoms with van der Waals surface area (Å²) in [5.74, 6) is -0.774. The van der Waals surface area contributed by atoms with Crippen molar-refractivity contribution in [2.75, 3.05) is 7.11 Å². The monoisotopic (exact) mass is 261 g/mol. The molecule has 0 spiro atoms. The average molecular weight is 261 g/mol. The topological polar surface area (TPSA) is 84.9 Å². The van der Waals surface area contributed by atoms with Gasteiger partial charge in [0.25, 0.3) is 0 Å². The molecule has 0 rings (SSSR count). The smallest absolute Gasteiger partial charge is 0.407 e. The summed E-state index contributed by atoms with van der Waals surface area (Å²) in [6, 6.07) is -0.711. The minimum Gasteiger partial charge on any atom is -0.467 e. The Kier molecular flexibility index (Phi) is 6.68. The van der Waals surface area contributed by atoms with E-state index in [0.29, 0.717) is 12.8 Å². The first-order chi connectivity index (χ1) is 8.21. The van der Waals surface area contributed by atoms with Crippen LogP contribution in [-0.4, -0.2) is 42.0 Å². The maximum Gasteiger partial charge on any atom is 0.407 e. The van der Waals surface area contributed by atoms with Crippen LogP contribution in [0.2, 0.25) is 0 Å². The molecule has 2 N–H and O–H groups in total. The molecule has 0 aliphatic heterocycles. The molecule has 0 aromatic heterocycles. The van der Waals surface area contributed by atoms with Gasteiger partial charge >= 0.3 is 12.1 Å². The van der Waals surface area contributed by atoms with Crippen LogP contribution in [0.1, 0.15) is 40.5 Å². The summed E-state index contributed by atoms with van der Waals surface area (Å²) in [5, 5.41) is 12.2. The van der Waals surface area contributed by atoms with Gasteiger partial charge in [0.05, 0.1) is 13.2 Å². The molecular formula is C12H23NO5. The fourth-order valence-corrected chi connectivity index (χ4v) is 1.36. The number of amides is 1. The number of ether oxygens (including phenoxy) is 2. The van der Waals surface area contributed by atoms with Crippen LogP contribution < -0.4 is 5.32 Å². The third-order valence-electron chi connectivity index (χ3n) is 2.13. The van der Waals surface area contributed by atoms with E-state index in [2.05, 4.69) is 10.1 Å². The van der Waals surface area contributed by atoms with E-state index < -0.39 is 29.8 Å². The molecule has 0 aliphatic rings. The predicted octanol–water partition coefficient (Wildman–Crippen LogP) is 1.21. The van der Waals surface area contributed by atoms with Crippen molar-refractivity contribution in [3.63, 3.8) is 0 Å². The van der Waals surface area contributed by atoms with Crippen LogP contribution in [0, 0.1) is 0 Å². The second-order valence-corrected chi connectivity index (χ2v) is 5.01. The fourth-order valence-electron chi connectivity index (χ4n) is 1.36. The molecule has 0 saturated heterocycles. The Balaban J connectivity index is 4.53. The number of carbonyl (C=O) groups excluding carboxylic acids is 2. The lowest BCUT2D eigenvalue weighted by Crippen LogP contribution is -2.48. The molecular weight excluding hydrogens is 238 g/mol. The Bertz CT molecular complexity index is 285. The number of esters is 1. The summed E-state index contributed by atoms with van der Waals surface area (Å²) in [7, 11) is 1.18. The number of hydrogen-bond donors (Lipinski definition) is 2. The van der Waals surface area contributed by atoms with Gasteiger partial charge in [0.2, 0.25) is 0 Å². The highest BCUT2D eigenvalue weighted by atomic mass is 16.6. The van der Waals surface area contributed by atoms with Crippen molar-refractivity contribution >= 4 is 12.1 Å². The van der Waals surface area contributed by atoms with Crippen molar-refractivity contribution in [2.24, 2.45) is 0 Å². The van der Waals surface area contributed by atoms with E-state index in [4.69, 9.17) is 4.74 Å². The van der Waals surface area contributed by atoms with E-state index in [-0.39, 0.29) is 0 Å². The summed E-state index contributed by atoms with van der Waals surface area (Å²) < 4.78 is 9.51. The molecule has 0 aliphatic carbocycles. The zero-order chi connectivity index (χ0) is 14.3. The number of nitrogens with one attached hydrogen (secondary N) is 1. The Morgan fingerprint density at radius 1 is 1.33 bits per heavy atom. The molecule has 2 atom stereocenters. The van der Waals surface area contributed by atoms with Gasteiger partial charge in [0.15, 0.2) is 6.10 Å². The van der Waals surface area contributed by atoms with Crippen LogP contribution in [0.15, 0.2) is 0 Å². The lowest BCUT2D eigenvalue weighted by atomic mass is 10.1. The van der Waals surface area contributed by atoms with Crippen LogP contribution in [0.4, 0.5) is 4.79 Å². The summed E-state index contributed by atoms with van der Waals surface area (Å²) in [5.41, 5.74) is -0.628. The number of rotatable bonds is 5. The van der Waals surface area contributed by atoms with Crippen LogP contribution in [0.5, 0.6) is 0 Å². The molecule has 0 fully saturated rings. The molecule has 18 heavy (non-hydrogen) atoms. The van der Waals surface area contributed by atoms with Gasteiger partial charge in [-0.3, -0.25) is 0 Å². The van der Waals surface area contributed by atoms with Crippen molar-refractivity contribution < 1.29 is 24.2 Å². The van der Waals surface area contributed by atoms with E-state index in [9.17, 15) is 14.7 Å². The predicted molar refractivity (Wildman–Crippen MR) is 66.1 cm³/mol. The second kappa shape index (κ2) is 7.20. The standard InChI is InChI=1S/C12H23NO5/c1-6-7-8(9(14)10(15)17-5)13-11(16)18-12(2,3)4/h8-9,14H,6-7H2,1-5H3,(H,13,16)/t8-,9-/m0/s1. The van der Waals surface area contributed by atoms with Crippen molar-refractivity contribution in [1.29, 1.82) is 0 Å². The molecule has 0 unspecified atom stereocenters. The molecule has 0 aromatic rings. The Morgan fingerprint density at radius 3 is 2.28 bits per heavy atom. The molecule has 0 saturated carbocycles. The van der Waals surface area contributed by atoms with Gasteiger partial charge in [-0.1, -0.05) is 13.3 Å². The van der Waals surface area contributed by atoms with Gasteiger partial charge in [-0.2, -0.15) is 0 Å². The van der Waals surface area contributed by atoms with Crippen LogP contribution in [-0.2, 0) is 14.3 Å². The summed E-state index contributed by atoms with van der Waals surface area (Å²) >= 11 is 0. The SMILES string of the molecule is CCC[C@H](NC(=O)OC(C)(C)C)[C@H](O)C(=O)OC. The largest absolute Gasteiger partial charge is 0.467 e. The first-order valence-corrected chi connectivity index (χ1v) is 5.96. The first kappa shape index (κ1) is 16.7. The lowest BCUT2D eigenvalue weighted by Gasteiger charge is -2.25. The fraction of sp³-hybridized carbons (Fsp3) is 0.833. The van der Waals surface area contributed by atoms with Crippen molar-refractivity contribution in [1.82, 2.24) is 5.32 Å². The van der Waals surface area contributed by atoms with E-state index in [1.807, 2.05) is 6.92 Å². The van der Waals surface area contributed by atoms with Gasteiger partial charge in [0, 0.05) is 0 Å². The number of methoxy groups -OCH3 is 1. The third-order valence-corrected chi connectivity index (χ3v) is 2.13. The Morgan fingerprint density at radius 2 is 1.89 bits per heavy atom. The molecule has 0 heterocycles. The molecule has 106 valence electrons. The summed E-state index contributed by atoms with van der Waals surface area (Å²) in [6.07, 6.45) is -0.893. The maximum absolute atomic E-state index is 11.6. The van der Waals surface area contributed by atoms with E-state index in [0.717, 1.165) is 0 Å². The highest BCUT2D eigenvalue weighted by Gasteiger charge is 2.29. The molecule has 0 aromatic carbocycles.